The molecule has 0 bridgehead atoms. The Hall–Kier alpha value is -3.13. The normalized spacial score (nSPS) is 9.89. The smallest absolute Gasteiger partial charge is 0.311 e. The fraction of sp³-hybridized carbons (Fsp3) is 0.222. The summed E-state index contributed by atoms with van der Waals surface area (Å²) in [7, 11) is 2.72. The lowest BCUT2D eigenvalue weighted by atomic mass is 10.3. The fourth-order valence-electron chi connectivity index (χ4n) is 2.05. The molecule has 2 heterocycles. The van der Waals surface area contributed by atoms with Crippen LogP contribution in [0.4, 0.5) is 0 Å². The molecule has 2 aromatic heterocycles. The number of nitrogens with one attached hydrogen (secondary N) is 1. The van der Waals surface area contributed by atoms with Crippen LogP contribution in [0.25, 0.3) is 5.69 Å². The maximum absolute atomic E-state index is 11.1. The van der Waals surface area contributed by atoms with Crippen molar-refractivity contribution in [3.05, 3.63) is 65.2 Å². The molecule has 8 nitrogen and oxygen atoms in total. The second kappa shape index (κ2) is 10.1. The summed E-state index contributed by atoms with van der Waals surface area (Å²) in [6, 6.07) is 10.8. The molecular formula is C18H19ClN4O4. The van der Waals surface area contributed by atoms with E-state index in [1.165, 1.54) is 14.2 Å². The standard InChI is InChI=1S/C12H11ClN2O2.C6H8N2O2/c1-17-12(16)8-10-5-6-15(14-10)11-4-2-3-9(13)7-11;1-10-6(9)4-5-2-3-7-8-5/h2-7H,8H2,1H3;2-3H,4H2,1H3,(H,7,8). The second-order valence-corrected chi connectivity index (χ2v) is 5.76. The van der Waals surface area contributed by atoms with Crippen LogP contribution in [-0.2, 0) is 31.9 Å². The largest absolute Gasteiger partial charge is 0.469 e. The molecule has 1 N–H and O–H groups in total. The van der Waals surface area contributed by atoms with E-state index in [9.17, 15) is 9.59 Å². The zero-order valence-electron chi connectivity index (χ0n) is 14.9. The number of benzene rings is 1. The molecule has 0 radical (unpaired) electrons. The number of carbonyl (C=O) groups is 2. The lowest BCUT2D eigenvalue weighted by Gasteiger charge is -2.01. The van der Waals surface area contributed by atoms with E-state index in [1.807, 2.05) is 12.1 Å². The Morgan fingerprint density at radius 1 is 1.11 bits per heavy atom. The number of esters is 2. The molecule has 0 aliphatic carbocycles. The first-order chi connectivity index (χ1) is 13.0. The van der Waals surface area contributed by atoms with Crippen molar-refractivity contribution in [2.24, 2.45) is 0 Å². The van der Waals surface area contributed by atoms with Crippen LogP contribution in [0.5, 0.6) is 0 Å². The molecule has 0 amide bonds. The van der Waals surface area contributed by atoms with Crippen molar-refractivity contribution in [3.63, 3.8) is 0 Å². The average Bonchev–Trinajstić information content (AvgIpc) is 3.34. The number of aromatic nitrogens is 4. The molecule has 0 aliphatic rings. The number of hydrogen-bond donors (Lipinski definition) is 1. The van der Waals surface area contributed by atoms with Gasteiger partial charge in [0.2, 0.25) is 0 Å². The minimum Gasteiger partial charge on any atom is -0.469 e. The number of hydrogen-bond acceptors (Lipinski definition) is 6. The third-order valence-corrected chi connectivity index (χ3v) is 3.63. The fourth-order valence-corrected chi connectivity index (χ4v) is 2.23. The maximum atomic E-state index is 11.1. The average molecular weight is 391 g/mol. The van der Waals surface area contributed by atoms with Crippen molar-refractivity contribution in [2.45, 2.75) is 12.8 Å². The first kappa shape index (κ1) is 20.2. The molecule has 142 valence electrons. The van der Waals surface area contributed by atoms with E-state index in [4.69, 9.17) is 11.6 Å². The summed E-state index contributed by atoms with van der Waals surface area (Å²) in [5, 5.41) is 11.2. The van der Waals surface area contributed by atoms with Gasteiger partial charge in [0, 0.05) is 23.1 Å². The summed E-state index contributed by atoms with van der Waals surface area (Å²) in [5.41, 5.74) is 2.29. The Bertz CT molecular complexity index is 877. The van der Waals surface area contributed by atoms with Gasteiger partial charge in [0.15, 0.2) is 0 Å². The highest BCUT2D eigenvalue weighted by molar-refractivity contribution is 6.30. The van der Waals surface area contributed by atoms with E-state index in [1.54, 1.807) is 41.3 Å². The van der Waals surface area contributed by atoms with Crippen LogP contribution in [0.15, 0.2) is 48.8 Å². The zero-order chi connectivity index (χ0) is 19.6. The monoisotopic (exact) mass is 390 g/mol. The van der Waals surface area contributed by atoms with Crippen molar-refractivity contribution < 1.29 is 19.1 Å². The highest BCUT2D eigenvalue weighted by Crippen LogP contribution is 2.14. The Morgan fingerprint density at radius 2 is 1.85 bits per heavy atom. The molecule has 0 saturated heterocycles. The van der Waals surface area contributed by atoms with Gasteiger partial charge in [-0.3, -0.25) is 14.7 Å². The topological polar surface area (TPSA) is 99.1 Å². The lowest BCUT2D eigenvalue weighted by Crippen LogP contribution is -2.05. The molecule has 0 atom stereocenters. The van der Waals surface area contributed by atoms with Crippen LogP contribution in [0.2, 0.25) is 5.02 Å². The number of aromatic amines is 1. The van der Waals surface area contributed by atoms with E-state index >= 15 is 0 Å². The van der Waals surface area contributed by atoms with E-state index in [0.29, 0.717) is 10.7 Å². The van der Waals surface area contributed by atoms with E-state index < -0.39 is 0 Å². The van der Waals surface area contributed by atoms with Gasteiger partial charge in [0.05, 0.1) is 38.4 Å². The molecule has 27 heavy (non-hydrogen) atoms. The third kappa shape index (κ3) is 6.59. The summed E-state index contributed by atoms with van der Waals surface area (Å²) in [6.45, 7) is 0. The Kier molecular flexibility index (Phi) is 7.57. The summed E-state index contributed by atoms with van der Waals surface area (Å²) < 4.78 is 10.7. The van der Waals surface area contributed by atoms with Crippen LogP contribution in [0.3, 0.4) is 0 Å². The number of ether oxygens (including phenoxy) is 2. The predicted molar refractivity (Wildman–Crippen MR) is 98.6 cm³/mol. The molecule has 3 aromatic rings. The van der Waals surface area contributed by atoms with Gasteiger partial charge < -0.3 is 9.47 Å². The van der Waals surface area contributed by atoms with Gasteiger partial charge in [-0.2, -0.15) is 10.2 Å². The molecule has 9 heteroatoms. The van der Waals surface area contributed by atoms with Crippen LogP contribution in [0.1, 0.15) is 11.4 Å². The SMILES string of the molecule is COC(=O)Cc1ccn(-c2cccc(Cl)c2)n1.COC(=O)Cc1ccn[nH]1. The number of methoxy groups -OCH3 is 2. The Balaban J connectivity index is 0.000000223. The molecule has 0 unspecified atom stereocenters. The summed E-state index contributed by atoms with van der Waals surface area (Å²) >= 11 is 5.89. The van der Waals surface area contributed by atoms with Crippen LogP contribution < -0.4 is 0 Å². The van der Waals surface area contributed by atoms with E-state index in [-0.39, 0.29) is 24.8 Å². The molecule has 0 aliphatic heterocycles. The molecule has 3 rings (SSSR count). The highest BCUT2D eigenvalue weighted by atomic mass is 35.5. The second-order valence-electron chi connectivity index (χ2n) is 5.32. The van der Waals surface area contributed by atoms with Gasteiger partial charge >= 0.3 is 11.9 Å². The van der Waals surface area contributed by atoms with Crippen LogP contribution >= 0.6 is 11.6 Å². The van der Waals surface area contributed by atoms with Crippen molar-refractivity contribution >= 4 is 23.5 Å². The van der Waals surface area contributed by atoms with Gasteiger partial charge in [0.25, 0.3) is 0 Å². The first-order valence-electron chi connectivity index (χ1n) is 7.94. The minimum absolute atomic E-state index is 0.171. The van der Waals surface area contributed by atoms with Gasteiger partial charge in [0.1, 0.15) is 0 Å². The van der Waals surface area contributed by atoms with E-state index in [2.05, 4.69) is 24.8 Å². The quantitative estimate of drug-likeness (QED) is 0.671. The summed E-state index contributed by atoms with van der Waals surface area (Å²) in [5.74, 6) is -0.564. The van der Waals surface area contributed by atoms with Crippen molar-refractivity contribution in [2.75, 3.05) is 14.2 Å². The van der Waals surface area contributed by atoms with Crippen molar-refractivity contribution in [1.82, 2.24) is 20.0 Å². The Morgan fingerprint density at radius 3 is 2.48 bits per heavy atom. The predicted octanol–water partition coefficient (Wildman–Crippen LogP) is 2.37. The number of halogens is 1. The van der Waals surface area contributed by atoms with Crippen LogP contribution in [0, 0.1) is 0 Å². The van der Waals surface area contributed by atoms with Crippen molar-refractivity contribution in [3.8, 4) is 5.69 Å². The van der Waals surface area contributed by atoms with Gasteiger partial charge in [-0.1, -0.05) is 17.7 Å². The summed E-state index contributed by atoms with van der Waals surface area (Å²) in [6.07, 6.45) is 3.81. The van der Waals surface area contributed by atoms with Crippen molar-refractivity contribution in [1.29, 1.82) is 0 Å². The molecule has 0 saturated carbocycles. The molecule has 0 fully saturated rings. The number of H-pyrrole nitrogens is 1. The minimum atomic E-state index is -0.304. The number of nitrogens with zero attached hydrogens (tertiary/aromatic N) is 3. The maximum Gasteiger partial charge on any atom is 0.311 e. The zero-order valence-corrected chi connectivity index (χ0v) is 15.6. The third-order valence-electron chi connectivity index (χ3n) is 3.39. The van der Waals surface area contributed by atoms with Gasteiger partial charge in [-0.15, -0.1) is 0 Å². The van der Waals surface area contributed by atoms with Crippen LogP contribution in [-0.4, -0.2) is 46.1 Å². The first-order valence-corrected chi connectivity index (χ1v) is 8.32. The summed E-state index contributed by atoms with van der Waals surface area (Å²) in [4.78, 5) is 21.7. The molecular weight excluding hydrogens is 372 g/mol. The Labute approximate surface area is 161 Å². The number of carbonyl (C=O) groups excluding carboxylic acids is 2. The highest BCUT2D eigenvalue weighted by Gasteiger charge is 2.07. The van der Waals surface area contributed by atoms with Gasteiger partial charge in [-0.05, 0) is 30.3 Å². The van der Waals surface area contributed by atoms with E-state index in [0.717, 1.165) is 11.4 Å². The lowest BCUT2D eigenvalue weighted by molar-refractivity contribution is -0.140. The molecule has 1 aromatic carbocycles. The van der Waals surface area contributed by atoms with Gasteiger partial charge in [-0.25, -0.2) is 4.68 Å². The number of rotatable bonds is 5. The molecule has 0 spiro atoms.